The van der Waals surface area contributed by atoms with E-state index in [9.17, 15) is 17.6 Å². The molecule has 1 aliphatic rings. The number of alkyl halides is 3. The van der Waals surface area contributed by atoms with Gasteiger partial charge in [0.1, 0.15) is 5.82 Å². The van der Waals surface area contributed by atoms with Crippen LogP contribution in [0.15, 0.2) is 71.1 Å². The van der Waals surface area contributed by atoms with Crippen molar-refractivity contribution in [3.8, 4) is 0 Å². The normalized spacial score (nSPS) is 17.3. The van der Waals surface area contributed by atoms with Crippen LogP contribution in [0.2, 0.25) is 0 Å². The number of hydrogen-bond donors (Lipinski definition) is 0. The second-order valence-electron chi connectivity index (χ2n) is 6.18. The van der Waals surface area contributed by atoms with Crippen molar-refractivity contribution in [2.45, 2.75) is 18.6 Å². The molecule has 2 aromatic carbocycles. The smallest absolute Gasteiger partial charge is 0.257 e. The summed E-state index contributed by atoms with van der Waals surface area (Å²) >= 11 is 1.53. The molecule has 0 unspecified atom stereocenters. The molecule has 0 spiro atoms. The summed E-state index contributed by atoms with van der Waals surface area (Å²) in [5, 5.41) is 8.14. The molecule has 0 fully saturated rings. The van der Waals surface area contributed by atoms with E-state index < -0.39 is 11.7 Å². The van der Waals surface area contributed by atoms with Crippen molar-refractivity contribution in [1.82, 2.24) is 0 Å². The van der Waals surface area contributed by atoms with Crippen LogP contribution in [0.4, 0.5) is 23.2 Å². The second kappa shape index (κ2) is 6.81. The van der Waals surface area contributed by atoms with Gasteiger partial charge in [-0.3, -0.25) is 5.01 Å². The molecule has 0 amide bonds. The van der Waals surface area contributed by atoms with E-state index in [-0.39, 0.29) is 11.9 Å². The maximum atomic E-state index is 13.2. The van der Waals surface area contributed by atoms with Crippen LogP contribution in [-0.2, 0) is 6.18 Å². The van der Waals surface area contributed by atoms with Crippen LogP contribution in [0.1, 0.15) is 28.5 Å². The first kappa shape index (κ1) is 17.7. The molecule has 0 saturated carbocycles. The van der Waals surface area contributed by atoms with Crippen LogP contribution < -0.4 is 5.01 Å². The van der Waals surface area contributed by atoms with Crippen molar-refractivity contribution < 1.29 is 17.6 Å². The number of hydrazone groups is 1. The summed E-state index contributed by atoms with van der Waals surface area (Å²) in [6, 6.07) is 14.8. The van der Waals surface area contributed by atoms with Gasteiger partial charge in [0.2, 0.25) is 0 Å². The van der Waals surface area contributed by atoms with Gasteiger partial charge < -0.3 is 0 Å². The third kappa shape index (κ3) is 3.60. The van der Waals surface area contributed by atoms with Crippen molar-refractivity contribution in [2.24, 2.45) is 5.10 Å². The fourth-order valence-corrected chi connectivity index (χ4v) is 3.90. The Hall–Kier alpha value is -2.67. The molecule has 4 rings (SSSR count). The lowest BCUT2D eigenvalue weighted by molar-refractivity contribution is -0.137. The van der Waals surface area contributed by atoms with E-state index in [0.29, 0.717) is 17.8 Å². The Morgan fingerprint density at radius 1 is 1.00 bits per heavy atom. The van der Waals surface area contributed by atoms with Crippen LogP contribution >= 0.6 is 11.3 Å². The summed E-state index contributed by atoms with van der Waals surface area (Å²) in [4.78, 5) is 1.01. The molecule has 3 aromatic rings. The summed E-state index contributed by atoms with van der Waals surface area (Å²) in [5.74, 6) is -0.345. The highest BCUT2D eigenvalue weighted by atomic mass is 32.1. The highest BCUT2D eigenvalue weighted by Gasteiger charge is 2.34. The fraction of sp³-hybridized carbons (Fsp3) is 0.150. The van der Waals surface area contributed by atoms with Gasteiger partial charge in [0.25, 0.3) is 0 Å². The molecule has 0 aliphatic carbocycles. The van der Waals surface area contributed by atoms with E-state index in [2.05, 4.69) is 5.10 Å². The maximum Gasteiger partial charge on any atom is 0.416 e. The topological polar surface area (TPSA) is 15.6 Å². The molecule has 2 heterocycles. The molecule has 1 aliphatic heterocycles. The summed E-state index contributed by atoms with van der Waals surface area (Å²) in [6.45, 7) is 0. The van der Waals surface area contributed by atoms with Gasteiger partial charge >= 0.3 is 6.18 Å². The van der Waals surface area contributed by atoms with Gasteiger partial charge in [0, 0.05) is 11.3 Å². The molecule has 1 atom stereocenters. The summed E-state index contributed by atoms with van der Waals surface area (Å²) < 4.78 is 52.6. The molecule has 2 nitrogen and oxygen atoms in total. The number of halogens is 4. The van der Waals surface area contributed by atoms with E-state index in [1.165, 1.54) is 29.5 Å². The highest BCUT2D eigenvalue weighted by molar-refractivity contribution is 7.10. The molecule has 0 bridgehead atoms. The van der Waals surface area contributed by atoms with Crippen LogP contribution in [-0.4, -0.2) is 5.71 Å². The number of benzene rings is 2. The van der Waals surface area contributed by atoms with Crippen molar-refractivity contribution in [2.75, 3.05) is 5.01 Å². The third-order valence-electron chi connectivity index (χ3n) is 4.40. The highest BCUT2D eigenvalue weighted by Crippen LogP contribution is 2.40. The largest absolute Gasteiger partial charge is 0.416 e. The molecule has 7 heteroatoms. The Bertz CT molecular complexity index is 962. The van der Waals surface area contributed by atoms with E-state index >= 15 is 0 Å². The van der Waals surface area contributed by atoms with Gasteiger partial charge in [0.15, 0.2) is 0 Å². The molecule has 27 heavy (non-hydrogen) atoms. The van der Waals surface area contributed by atoms with Crippen molar-refractivity contribution >= 4 is 22.7 Å². The molecular weight excluding hydrogens is 376 g/mol. The van der Waals surface area contributed by atoms with Gasteiger partial charge in [-0.25, -0.2) is 4.39 Å². The monoisotopic (exact) mass is 390 g/mol. The van der Waals surface area contributed by atoms with Crippen LogP contribution in [0.5, 0.6) is 0 Å². The first-order valence-corrected chi connectivity index (χ1v) is 9.13. The standard InChI is InChI=1S/C20H14F4N2S/c21-15-8-6-13(7-9-15)17-12-18(19-5-2-10-27-19)26(25-17)16-4-1-3-14(11-16)20(22,23)24/h1-11,18H,12H2/t18-/m0/s1. The lowest BCUT2D eigenvalue weighted by Crippen LogP contribution is -2.18. The average Bonchev–Trinajstić information content (AvgIpc) is 3.31. The van der Waals surface area contributed by atoms with Crippen LogP contribution in [0, 0.1) is 5.82 Å². The van der Waals surface area contributed by atoms with Gasteiger partial charge in [0.05, 0.1) is 23.0 Å². The molecule has 0 saturated heterocycles. The van der Waals surface area contributed by atoms with Gasteiger partial charge in [-0.2, -0.15) is 18.3 Å². The van der Waals surface area contributed by atoms with Crippen LogP contribution in [0.25, 0.3) is 0 Å². The Balaban J connectivity index is 1.76. The summed E-state index contributed by atoms with van der Waals surface area (Å²) in [7, 11) is 0. The summed E-state index contributed by atoms with van der Waals surface area (Å²) in [6.07, 6.45) is -3.89. The second-order valence-corrected chi connectivity index (χ2v) is 7.16. The molecule has 1 aromatic heterocycles. The Morgan fingerprint density at radius 2 is 1.78 bits per heavy atom. The zero-order valence-corrected chi connectivity index (χ0v) is 14.8. The van der Waals surface area contributed by atoms with E-state index in [4.69, 9.17) is 0 Å². The first-order valence-electron chi connectivity index (χ1n) is 8.25. The van der Waals surface area contributed by atoms with Crippen molar-refractivity contribution in [3.63, 3.8) is 0 Å². The van der Waals surface area contributed by atoms with Gasteiger partial charge in [-0.15, -0.1) is 11.3 Å². The predicted molar refractivity (Wildman–Crippen MR) is 98.5 cm³/mol. The number of rotatable bonds is 3. The molecule has 0 radical (unpaired) electrons. The number of anilines is 1. The first-order chi connectivity index (χ1) is 12.9. The Morgan fingerprint density at radius 3 is 2.44 bits per heavy atom. The minimum atomic E-state index is -4.42. The van der Waals surface area contributed by atoms with Crippen molar-refractivity contribution in [1.29, 1.82) is 0 Å². The lowest BCUT2D eigenvalue weighted by Gasteiger charge is -2.23. The molecular formula is C20H14F4N2S. The van der Waals surface area contributed by atoms with Gasteiger partial charge in [-0.05, 0) is 47.3 Å². The minimum Gasteiger partial charge on any atom is -0.257 e. The Labute approximate surface area is 157 Å². The number of thiophene rings is 1. The number of hydrogen-bond acceptors (Lipinski definition) is 3. The van der Waals surface area contributed by atoms with E-state index in [1.54, 1.807) is 23.2 Å². The zero-order valence-electron chi connectivity index (χ0n) is 13.9. The lowest BCUT2D eigenvalue weighted by atomic mass is 10.0. The maximum absolute atomic E-state index is 13.2. The van der Waals surface area contributed by atoms with Gasteiger partial charge in [-0.1, -0.05) is 24.3 Å². The zero-order chi connectivity index (χ0) is 19.0. The molecule has 138 valence electrons. The fourth-order valence-electron chi connectivity index (χ4n) is 3.09. The third-order valence-corrected chi connectivity index (χ3v) is 5.37. The summed E-state index contributed by atoms with van der Waals surface area (Å²) in [5.41, 5.74) is 1.13. The predicted octanol–water partition coefficient (Wildman–Crippen LogP) is 6.26. The van der Waals surface area contributed by atoms with Crippen LogP contribution in [0.3, 0.4) is 0 Å². The average molecular weight is 390 g/mol. The number of nitrogens with zero attached hydrogens (tertiary/aromatic N) is 2. The quantitative estimate of drug-likeness (QED) is 0.482. The Kier molecular flexibility index (Phi) is 4.47. The SMILES string of the molecule is Fc1ccc(C2=NN(c3cccc(C(F)(F)F)c3)[C@H](c3cccs3)C2)cc1. The van der Waals surface area contributed by atoms with E-state index in [0.717, 1.165) is 22.6 Å². The van der Waals surface area contributed by atoms with E-state index in [1.807, 2.05) is 17.5 Å². The molecule has 0 N–H and O–H groups in total. The minimum absolute atomic E-state index is 0.200. The van der Waals surface area contributed by atoms with Crippen molar-refractivity contribution in [3.05, 3.63) is 87.9 Å².